The third kappa shape index (κ3) is 2.95. The topological polar surface area (TPSA) is 65.8 Å². The lowest BCUT2D eigenvalue weighted by Gasteiger charge is -2.11. The zero-order valence-corrected chi connectivity index (χ0v) is 10.9. The van der Waals surface area contributed by atoms with Crippen molar-refractivity contribution < 1.29 is 9.18 Å². The van der Waals surface area contributed by atoms with E-state index in [2.05, 4.69) is 10.3 Å². The monoisotopic (exact) mass is 275 g/mol. The summed E-state index contributed by atoms with van der Waals surface area (Å²) in [6, 6.07) is 6.70. The van der Waals surface area contributed by atoms with E-state index < -0.39 is 17.8 Å². The van der Waals surface area contributed by atoms with Gasteiger partial charge in [0.1, 0.15) is 17.6 Å². The van der Waals surface area contributed by atoms with Crippen LogP contribution in [0, 0.1) is 24.1 Å². The van der Waals surface area contributed by atoms with Crippen molar-refractivity contribution in [2.45, 2.75) is 13.0 Å². The lowest BCUT2D eigenvalue weighted by atomic mass is 10.1. The molecule has 0 aliphatic carbocycles. The number of aryl methyl sites for hydroxylation is 1. The fraction of sp³-hybridized carbons (Fsp3) is 0.154. The molecule has 1 unspecified atom stereocenters. The van der Waals surface area contributed by atoms with Crippen LogP contribution in [0.15, 0.2) is 29.6 Å². The summed E-state index contributed by atoms with van der Waals surface area (Å²) in [6.45, 7) is 1.78. The van der Waals surface area contributed by atoms with Gasteiger partial charge >= 0.3 is 0 Å². The van der Waals surface area contributed by atoms with Crippen LogP contribution in [-0.4, -0.2) is 10.9 Å². The highest BCUT2D eigenvalue weighted by Gasteiger charge is 2.19. The Morgan fingerprint density at radius 3 is 2.84 bits per heavy atom. The minimum atomic E-state index is -1.03. The fourth-order valence-electron chi connectivity index (χ4n) is 1.56. The minimum absolute atomic E-state index is 0.144. The fourth-order valence-corrected chi connectivity index (χ4v) is 2.15. The molecule has 0 saturated heterocycles. The third-order valence-corrected chi connectivity index (χ3v) is 3.25. The zero-order chi connectivity index (χ0) is 13.8. The van der Waals surface area contributed by atoms with Crippen LogP contribution in [0.2, 0.25) is 0 Å². The Hall–Kier alpha value is -2.26. The first kappa shape index (κ1) is 13.2. The first-order valence-corrected chi connectivity index (χ1v) is 6.37. The number of nitrogens with zero attached hydrogens (tertiary/aromatic N) is 2. The number of aromatic nitrogens is 1. The second kappa shape index (κ2) is 5.59. The summed E-state index contributed by atoms with van der Waals surface area (Å²) in [6.07, 6.45) is 0. The molecule has 2 aromatic rings. The van der Waals surface area contributed by atoms with Gasteiger partial charge < -0.3 is 5.32 Å². The molecule has 6 heteroatoms. The number of hydrogen-bond acceptors (Lipinski definition) is 4. The Bertz CT molecular complexity index is 647. The van der Waals surface area contributed by atoms with Crippen molar-refractivity contribution in [1.29, 1.82) is 5.26 Å². The summed E-state index contributed by atoms with van der Waals surface area (Å²) >= 11 is 1.34. The number of rotatable bonds is 3. The van der Waals surface area contributed by atoms with Crippen molar-refractivity contribution in [2.24, 2.45) is 0 Å². The van der Waals surface area contributed by atoms with Crippen LogP contribution in [-0.2, 0) is 0 Å². The molecular formula is C13H10FN3OS. The van der Waals surface area contributed by atoms with E-state index in [4.69, 9.17) is 5.26 Å². The van der Waals surface area contributed by atoms with Crippen molar-refractivity contribution >= 4 is 17.2 Å². The quantitative estimate of drug-likeness (QED) is 0.936. The molecular weight excluding hydrogens is 265 g/mol. The maximum absolute atomic E-state index is 13.6. The average molecular weight is 275 g/mol. The van der Waals surface area contributed by atoms with Gasteiger partial charge in [-0.1, -0.05) is 18.2 Å². The number of carbonyl (C=O) groups is 1. The Kier molecular flexibility index (Phi) is 3.88. The van der Waals surface area contributed by atoms with Crippen LogP contribution in [0.1, 0.15) is 27.1 Å². The first-order chi connectivity index (χ1) is 9.11. The van der Waals surface area contributed by atoms with Crippen LogP contribution in [0.3, 0.4) is 0 Å². The largest absolute Gasteiger partial charge is 0.331 e. The molecule has 96 valence electrons. The number of carbonyl (C=O) groups excluding carboxylic acids is 1. The Balaban J connectivity index is 2.19. The van der Waals surface area contributed by atoms with Crippen LogP contribution in [0.5, 0.6) is 0 Å². The summed E-state index contributed by atoms with van der Waals surface area (Å²) in [7, 11) is 0. The highest BCUT2D eigenvalue weighted by atomic mass is 32.1. The first-order valence-electron chi connectivity index (χ1n) is 5.49. The highest BCUT2D eigenvalue weighted by Crippen LogP contribution is 2.17. The molecule has 0 spiro atoms. The Morgan fingerprint density at radius 1 is 1.53 bits per heavy atom. The molecule has 0 bridgehead atoms. The molecule has 0 aliphatic rings. The van der Waals surface area contributed by atoms with Gasteiger partial charge in [0.15, 0.2) is 0 Å². The third-order valence-electron chi connectivity index (χ3n) is 2.47. The van der Waals surface area contributed by atoms with Crippen molar-refractivity contribution in [3.63, 3.8) is 0 Å². The van der Waals surface area contributed by atoms with E-state index in [9.17, 15) is 9.18 Å². The molecule has 0 fully saturated rings. The van der Waals surface area contributed by atoms with E-state index in [0.29, 0.717) is 0 Å². The maximum Gasteiger partial charge on any atom is 0.272 e. The number of benzene rings is 1. The maximum atomic E-state index is 13.6. The Morgan fingerprint density at radius 2 is 2.26 bits per heavy atom. The van der Waals surface area contributed by atoms with Gasteiger partial charge in [0.25, 0.3) is 5.91 Å². The van der Waals surface area contributed by atoms with Crippen LogP contribution < -0.4 is 5.32 Å². The SMILES string of the molecule is Cc1nc(C(=O)NC(C#N)c2ccccc2F)cs1. The van der Waals surface area contributed by atoms with Gasteiger partial charge in [0.05, 0.1) is 11.1 Å². The molecule has 1 atom stereocenters. The highest BCUT2D eigenvalue weighted by molar-refractivity contribution is 7.09. The second-order valence-corrected chi connectivity index (χ2v) is 4.87. The molecule has 1 aromatic heterocycles. The summed E-state index contributed by atoms with van der Waals surface area (Å²) in [5.41, 5.74) is 0.379. The Labute approximate surface area is 113 Å². The van der Waals surface area contributed by atoms with E-state index >= 15 is 0 Å². The predicted molar refractivity (Wildman–Crippen MR) is 69.1 cm³/mol. The summed E-state index contributed by atoms with van der Waals surface area (Å²) in [4.78, 5) is 15.9. The number of hydrogen-bond donors (Lipinski definition) is 1. The molecule has 19 heavy (non-hydrogen) atoms. The van der Waals surface area contributed by atoms with E-state index in [1.165, 1.54) is 29.5 Å². The van der Waals surface area contributed by atoms with E-state index in [-0.39, 0.29) is 11.3 Å². The van der Waals surface area contributed by atoms with Gasteiger partial charge in [-0.05, 0) is 13.0 Å². The van der Waals surface area contributed by atoms with Gasteiger partial charge in [-0.2, -0.15) is 5.26 Å². The molecule has 0 aliphatic heterocycles. The second-order valence-electron chi connectivity index (χ2n) is 3.81. The zero-order valence-electron chi connectivity index (χ0n) is 10.1. The van der Waals surface area contributed by atoms with E-state index in [1.807, 2.05) is 6.07 Å². The van der Waals surface area contributed by atoms with Crippen LogP contribution in [0.4, 0.5) is 4.39 Å². The van der Waals surface area contributed by atoms with Gasteiger partial charge in [-0.25, -0.2) is 9.37 Å². The number of nitrogens with one attached hydrogen (secondary N) is 1. The standard InChI is InChI=1S/C13H10FN3OS/c1-8-16-12(7-19-8)13(18)17-11(6-15)9-4-2-3-5-10(9)14/h2-5,7,11H,1H3,(H,17,18). The van der Waals surface area contributed by atoms with Crippen molar-refractivity contribution in [2.75, 3.05) is 0 Å². The van der Waals surface area contributed by atoms with Crippen molar-refractivity contribution in [1.82, 2.24) is 10.3 Å². The lowest BCUT2D eigenvalue weighted by molar-refractivity contribution is 0.0940. The molecule has 0 saturated carbocycles. The molecule has 0 radical (unpaired) electrons. The summed E-state index contributed by atoms with van der Waals surface area (Å²) in [5.74, 6) is -1.01. The number of halogens is 1. The van der Waals surface area contributed by atoms with Crippen LogP contribution in [0.25, 0.3) is 0 Å². The minimum Gasteiger partial charge on any atom is -0.331 e. The summed E-state index contributed by atoms with van der Waals surface area (Å²) < 4.78 is 13.6. The van der Waals surface area contributed by atoms with E-state index in [1.54, 1.807) is 18.4 Å². The number of nitriles is 1. The predicted octanol–water partition coefficient (Wildman–Crippen LogP) is 2.59. The molecule has 1 N–H and O–H groups in total. The van der Waals surface area contributed by atoms with E-state index in [0.717, 1.165) is 5.01 Å². The number of thiazole rings is 1. The number of amides is 1. The van der Waals surface area contributed by atoms with Gasteiger partial charge in [-0.3, -0.25) is 4.79 Å². The molecule has 1 aromatic carbocycles. The molecule has 4 nitrogen and oxygen atoms in total. The van der Waals surface area contributed by atoms with Gasteiger partial charge in [0.2, 0.25) is 0 Å². The lowest BCUT2D eigenvalue weighted by Crippen LogP contribution is -2.28. The van der Waals surface area contributed by atoms with Gasteiger partial charge in [0, 0.05) is 10.9 Å². The van der Waals surface area contributed by atoms with Crippen molar-refractivity contribution in [3.8, 4) is 6.07 Å². The van der Waals surface area contributed by atoms with Gasteiger partial charge in [-0.15, -0.1) is 11.3 Å². The normalized spacial score (nSPS) is 11.6. The molecule has 1 heterocycles. The van der Waals surface area contributed by atoms with Crippen LogP contribution >= 0.6 is 11.3 Å². The average Bonchev–Trinajstić information content (AvgIpc) is 2.83. The molecule has 2 rings (SSSR count). The molecule has 1 amide bonds. The smallest absolute Gasteiger partial charge is 0.272 e. The summed E-state index contributed by atoms with van der Waals surface area (Å²) in [5, 5.41) is 13.9. The van der Waals surface area contributed by atoms with Crippen molar-refractivity contribution in [3.05, 3.63) is 51.7 Å².